The number of pyridine rings is 2. The average Bonchev–Trinajstić information content (AvgIpc) is 3.53. The van der Waals surface area contributed by atoms with Gasteiger partial charge in [0.15, 0.2) is 0 Å². The Balaban J connectivity index is 1.54. The Bertz CT molecular complexity index is 964. The fraction of sp³-hybridized carbons (Fsp3) is 0.429. The van der Waals surface area contributed by atoms with Crippen molar-refractivity contribution in [3.63, 3.8) is 0 Å². The number of aromatic nitrogens is 2. The number of anilines is 1. The molecule has 0 saturated heterocycles. The van der Waals surface area contributed by atoms with Crippen molar-refractivity contribution in [2.45, 2.75) is 51.8 Å². The number of nitrogens with zero attached hydrogens (tertiary/aromatic N) is 3. The lowest BCUT2D eigenvalue weighted by Crippen LogP contribution is -2.39. The van der Waals surface area contributed by atoms with E-state index in [0.29, 0.717) is 12.2 Å². The number of allylic oxidation sites excluding steroid dienone is 2. The Kier molecular flexibility index (Phi) is 5.09. The summed E-state index contributed by atoms with van der Waals surface area (Å²) in [5.41, 5.74) is 2.62. The number of aliphatic hydroxyl groups is 1. The first kappa shape index (κ1) is 18.6. The predicted molar refractivity (Wildman–Crippen MR) is 110 cm³/mol. The van der Waals surface area contributed by atoms with Crippen LogP contribution >= 0.6 is 0 Å². The van der Waals surface area contributed by atoms with Gasteiger partial charge < -0.3 is 15.7 Å². The molecule has 0 bridgehead atoms. The first-order valence-electron chi connectivity index (χ1n) is 9.81. The molecule has 0 aromatic carbocycles. The molecule has 1 saturated carbocycles. The molecule has 4 rings (SSSR count). The van der Waals surface area contributed by atoms with Gasteiger partial charge in [-0.2, -0.15) is 0 Å². The van der Waals surface area contributed by atoms with Crippen LogP contribution in [-0.4, -0.2) is 39.5 Å². The zero-order valence-corrected chi connectivity index (χ0v) is 16.1. The Morgan fingerprint density at radius 2 is 2.04 bits per heavy atom. The van der Waals surface area contributed by atoms with E-state index in [0.717, 1.165) is 47.0 Å². The highest BCUT2D eigenvalue weighted by molar-refractivity contribution is 6.11. The first-order valence-corrected chi connectivity index (χ1v) is 9.81. The van der Waals surface area contributed by atoms with Crippen LogP contribution in [0.25, 0.3) is 16.3 Å². The van der Waals surface area contributed by atoms with E-state index in [1.807, 2.05) is 26.0 Å². The van der Waals surface area contributed by atoms with Gasteiger partial charge in [-0.15, -0.1) is 0 Å². The number of carbonyl (C=O) groups is 1. The van der Waals surface area contributed by atoms with Gasteiger partial charge in [0, 0.05) is 46.6 Å². The van der Waals surface area contributed by atoms with Crippen LogP contribution in [-0.2, 0) is 4.79 Å². The van der Waals surface area contributed by atoms with Crippen LogP contribution in [0.1, 0.15) is 45.2 Å². The van der Waals surface area contributed by atoms with Gasteiger partial charge in [-0.25, -0.2) is 4.98 Å². The van der Waals surface area contributed by atoms with E-state index in [-0.39, 0.29) is 18.0 Å². The van der Waals surface area contributed by atoms with E-state index in [4.69, 9.17) is 0 Å². The Morgan fingerprint density at radius 1 is 1.29 bits per heavy atom. The standard InChI is InChI=1S/C21H25N5O2/c1-3-4-18(27)20-24-11-16(12(2)25-20)17-7-14-10-23-19(8-15(14)9-22-17)26-21(28)13-5-6-13/h7-11,13,18,20,25,27H,3-6H2,1-2H3,(H,23,26,28). The second-order valence-electron chi connectivity index (χ2n) is 7.51. The smallest absolute Gasteiger partial charge is 0.228 e. The molecule has 1 fully saturated rings. The van der Waals surface area contributed by atoms with E-state index < -0.39 is 6.10 Å². The van der Waals surface area contributed by atoms with Crippen LogP contribution in [0.4, 0.5) is 5.82 Å². The molecule has 3 N–H and O–H groups in total. The molecule has 2 aromatic rings. The molecule has 7 nitrogen and oxygen atoms in total. The maximum Gasteiger partial charge on any atom is 0.228 e. The average molecular weight is 379 g/mol. The van der Waals surface area contributed by atoms with Crippen molar-refractivity contribution in [2.24, 2.45) is 10.9 Å². The molecule has 0 radical (unpaired) electrons. The van der Waals surface area contributed by atoms with Crippen LogP contribution in [0.3, 0.4) is 0 Å². The second-order valence-corrected chi connectivity index (χ2v) is 7.51. The number of rotatable bonds is 6. The van der Waals surface area contributed by atoms with Gasteiger partial charge >= 0.3 is 0 Å². The van der Waals surface area contributed by atoms with Crippen molar-refractivity contribution in [1.29, 1.82) is 0 Å². The number of amides is 1. The molecule has 7 heteroatoms. The zero-order valence-electron chi connectivity index (χ0n) is 16.1. The summed E-state index contributed by atoms with van der Waals surface area (Å²) in [5, 5.41) is 18.2. The quantitative estimate of drug-likeness (QED) is 0.717. The largest absolute Gasteiger partial charge is 0.389 e. The highest BCUT2D eigenvalue weighted by atomic mass is 16.3. The number of fused-ring (bicyclic) bond motifs is 1. The van der Waals surface area contributed by atoms with Gasteiger partial charge in [0.1, 0.15) is 12.0 Å². The lowest BCUT2D eigenvalue weighted by Gasteiger charge is -2.26. The summed E-state index contributed by atoms with van der Waals surface area (Å²) < 4.78 is 0. The maximum absolute atomic E-state index is 11.9. The number of aliphatic imine (C=N–C) groups is 1. The summed E-state index contributed by atoms with van der Waals surface area (Å²) >= 11 is 0. The van der Waals surface area contributed by atoms with Gasteiger partial charge in [0.05, 0.1) is 11.8 Å². The Hall–Kier alpha value is -2.80. The van der Waals surface area contributed by atoms with E-state index in [1.54, 1.807) is 18.6 Å². The minimum atomic E-state index is -0.504. The lowest BCUT2D eigenvalue weighted by molar-refractivity contribution is -0.117. The molecule has 2 aliphatic rings. The van der Waals surface area contributed by atoms with Crippen molar-refractivity contribution in [3.05, 3.63) is 35.9 Å². The van der Waals surface area contributed by atoms with Crippen molar-refractivity contribution in [3.8, 4) is 0 Å². The molecule has 146 valence electrons. The zero-order chi connectivity index (χ0) is 19.7. The molecule has 1 amide bonds. The molecule has 1 aliphatic carbocycles. The molecule has 2 unspecified atom stereocenters. The van der Waals surface area contributed by atoms with Gasteiger partial charge in [0.25, 0.3) is 0 Å². The molecule has 1 aliphatic heterocycles. The predicted octanol–water partition coefficient (Wildman–Crippen LogP) is 2.87. The van der Waals surface area contributed by atoms with Crippen molar-refractivity contribution in [2.75, 3.05) is 5.32 Å². The third-order valence-electron chi connectivity index (χ3n) is 5.16. The van der Waals surface area contributed by atoms with Gasteiger partial charge in [-0.1, -0.05) is 13.3 Å². The summed E-state index contributed by atoms with van der Waals surface area (Å²) in [4.78, 5) is 25.3. The minimum Gasteiger partial charge on any atom is -0.389 e. The molecule has 3 heterocycles. The molecular formula is C21H25N5O2. The minimum absolute atomic E-state index is 0.0431. The SMILES string of the molecule is CCCC(O)C1N=CC(c2cc3cnc(NC(=O)C4CC4)cc3cn2)=C(C)N1. The van der Waals surface area contributed by atoms with Crippen LogP contribution in [0.2, 0.25) is 0 Å². The van der Waals surface area contributed by atoms with Crippen LogP contribution in [0, 0.1) is 5.92 Å². The monoisotopic (exact) mass is 379 g/mol. The number of aliphatic hydroxyl groups excluding tert-OH is 1. The summed E-state index contributed by atoms with van der Waals surface area (Å²) in [5.74, 6) is 0.746. The van der Waals surface area contributed by atoms with Crippen molar-refractivity contribution >= 4 is 34.3 Å². The number of carbonyl (C=O) groups excluding carboxylic acids is 1. The normalized spacial score (nSPS) is 20.2. The number of nitrogens with one attached hydrogen (secondary N) is 2. The Morgan fingerprint density at radius 3 is 2.75 bits per heavy atom. The van der Waals surface area contributed by atoms with Crippen LogP contribution in [0.15, 0.2) is 35.2 Å². The van der Waals surface area contributed by atoms with Crippen LogP contribution < -0.4 is 10.6 Å². The highest BCUT2D eigenvalue weighted by Crippen LogP contribution is 2.30. The fourth-order valence-corrected chi connectivity index (χ4v) is 3.32. The molecule has 2 aromatic heterocycles. The first-order chi connectivity index (χ1) is 13.5. The maximum atomic E-state index is 11.9. The van der Waals surface area contributed by atoms with E-state index in [9.17, 15) is 9.90 Å². The molecule has 0 spiro atoms. The van der Waals surface area contributed by atoms with E-state index >= 15 is 0 Å². The summed E-state index contributed by atoms with van der Waals surface area (Å²) in [6.45, 7) is 4.01. The highest BCUT2D eigenvalue weighted by Gasteiger charge is 2.29. The summed E-state index contributed by atoms with van der Waals surface area (Å²) in [6.07, 6.45) is 8.03. The summed E-state index contributed by atoms with van der Waals surface area (Å²) in [7, 11) is 0. The van der Waals surface area contributed by atoms with Crippen LogP contribution in [0.5, 0.6) is 0 Å². The molecular weight excluding hydrogens is 354 g/mol. The lowest BCUT2D eigenvalue weighted by atomic mass is 10.1. The molecule has 28 heavy (non-hydrogen) atoms. The van der Waals surface area contributed by atoms with Crippen molar-refractivity contribution in [1.82, 2.24) is 15.3 Å². The number of hydrogen-bond donors (Lipinski definition) is 3. The van der Waals surface area contributed by atoms with E-state index in [2.05, 4.69) is 25.6 Å². The number of hydrogen-bond acceptors (Lipinski definition) is 6. The van der Waals surface area contributed by atoms with Crippen molar-refractivity contribution < 1.29 is 9.90 Å². The van der Waals surface area contributed by atoms with E-state index in [1.165, 1.54) is 0 Å². The third kappa shape index (κ3) is 3.89. The van der Waals surface area contributed by atoms with Gasteiger partial charge in [-0.3, -0.25) is 14.8 Å². The third-order valence-corrected chi connectivity index (χ3v) is 5.16. The fourth-order valence-electron chi connectivity index (χ4n) is 3.32. The summed E-state index contributed by atoms with van der Waals surface area (Å²) in [6, 6.07) is 3.81. The topological polar surface area (TPSA) is 99.5 Å². The molecule has 2 atom stereocenters. The van der Waals surface area contributed by atoms with Gasteiger partial charge in [0.2, 0.25) is 5.91 Å². The van der Waals surface area contributed by atoms with Gasteiger partial charge in [-0.05, 0) is 38.3 Å². The second kappa shape index (κ2) is 7.67. The Labute approximate surface area is 164 Å².